The van der Waals surface area contributed by atoms with Gasteiger partial charge in [0.1, 0.15) is 11.8 Å². The van der Waals surface area contributed by atoms with E-state index >= 15 is 0 Å². The van der Waals surface area contributed by atoms with Crippen molar-refractivity contribution in [1.29, 1.82) is 0 Å². The molecule has 25 heavy (non-hydrogen) atoms. The fourth-order valence-corrected chi connectivity index (χ4v) is 4.12. The number of carbonyl (C=O) groups excluding carboxylic acids is 1. The number of nitrogens with two attached hydrogens (primary N) is 1. The molecule has 138 valence electrons. The molecule has 0 aromatic heterocycles. The van der Waals surface area contributed by atoms with Crippen LogP contribution in [0.25, 0.3) is 0 Å². The van der Waals surface area contributed by atoms with E-state index in [4.69, 9.17) is 10.5 Å². The van der Waals surface area contributed by atoms with E-state index < -0.39 is 39.7 Å². The first-order valence-electron chi connectivity index (χ1n) is 7.86. The van der Waals surface area contributed by atoms with Crippen LogP contribution in [-0.2, 0) is 14.6 Å². The average molecular weight is 375 g/mol. The van der Waals surface area contributed by atoms with Crippen molar-refractivity contribution < 1.29 is 26.7 Å². The highest BCUT2D eigenvalue weighted by molar-refractivity contribution is 7.91. The van der Waals surface area contributed by atoms with Gasteiger partial charge in [-0.15, -0.1) is 0 Å². The minimum atomic E-state index is -3.16. The van der Waals surface area contributed by atoms with Gasteiger partial charge in [-0.25, -0.2) is 22.0 Å². The first-order valence-corrected chi connectivity index (χ1v) is 9.68. The molecule has 0 spiro atoms. The predicted octanol–water partition coefficient (Wildman–Crippen LogP) is 0.872. The van der Waals surface area contributed by atoms with E-state index in [1.54, 1.807) is 6.92 Å². The maximum absolute atomic E-state index is 14.5. The van der Waals surface area contributed by atoms with Crippen LogP contribution < -0.4 is 15.5 Å². The smallest absolute Gasteiger partial charge is 0.414 e. The number of benzene rings is 1. The van der Waals surface area contributed by atoms with Gasteiger partial charge in [0.2, 0.25) is 0 Å². The molecule has 2 aliphatic rings. The molecule has 0 saturated carbocycles. The zero-order valence-electron chi connectivity index (χ0n) is 13.6. The third kappa shape index (κ3) is 3.54. The Morgan fingerprint density at radius 3 is 2.28 bits per heavy atom. The van der Waals surface area contributed by atoms with Crippen molar-refractivity contribution in [2.75, 3.05) is 40.9 Å². The maximum Gasteiger partial charge on any atom is 0.414 e. The Balaban J connectivity index is 1.85. The van der Waals surface area contributed by atoms with Crippen LogP contribution in [0.4, 0.5) is 25.0 Å². The highest BCUT2D eigenvalue weighted by Crippen LogP contribution is 2.31. The van der Waals surface area contributed by atoms with Crippen molar-refractivity contribution >= 4 is 27.3 Å². The number of hydrogen-bond donors (Lipinski definition) is 1. The van der Waals surface area contributed by atoms with Crippen LogP contribution in [0.5, 0.6) is 0 Å². The summed E-state index contributed by atoms with van der Waals surface area (Å²) in [5.74, 6) is -2.01. The number of anilines is 2. The summed E-state index contributed by atoms with van der Waals surface area (Å²) in [5.41, 5.74) is 5.45. The van der Waals surface area contributed by atoms with Gasteiger partial charge in [-0.1, -0.05) is 0 Å². The molecule has 1 amide bonds. The summed E-state index contributed by atoms with van der Waals surface area (Å²) in [6.45, 7) is 1.83. The average Bonchev–Trinajstić information content (AvgIpc) is 2.90. The molecule has 1 aromatic rings. The normalized spacial score (nSPS) is 24.3. The summed E-state index contributed by atoms with van der Waals surface area (Å²) in [6, 6.07) is 1.69. The van der Waals surface area contributed by atoms with Gasteiger partial charge in [0, 0.05) is 31.3 Å². The van der Waals surface area contributed by atoms with E-state index in [1.165, 1.54) is 4.90 Å². The van der Waals surface area contributed by atoms with E-state index in [-0.39, 0.29) is 42.5 Å². The lowest BCUT2D eigenvalue weighted by molar-refractivity contribution is 0.130. The second-order valence-corrected chi connectivity index (χ2v) is 8.59. The van der Waals surface area contributed by atoms with Gasteiger partial charge >= 0.3 is 6.09 Å². The van der Waals surface area contributed by atoms with Crippen molar-refractivity contribution in [2.45, 2.75) is 19.1 Å². The first kappa shape index (κ1) is 17.9. The Bertz CT molecular complexity index is 763. The molecular weight excluding hydrogens is 356 g/mol. The van der Waals surface area contributed by atoms with Crippen molar-refractivity contribution in [3.8, 4) is 0 Å². The number of cyclic esters (lactones) is 1. The Hall–Kier alpha value is -1.94. The van der Waals surface area contributed by atoms with Crippen LogP contribution in [0.2, 0.25) is 0 Å². The largest absolute Gasteiger partial charge is 0.442 e. The zero-order valence-corrected chi connectivity index (χ0v) is 14.4. The molecule has 10 heteroatoms. The fourth-order valence-electron chi connectivity index (χ4n) is 2.92. The summed E-state index contributed by atoms with van der Waals surface area (Å²) in [5, 5.41) is 0. The number of hydrogen-bond acceptors (Lipinski definition) is 6. The highest BCUT2D eigenvalue weighted by atomic mass is 32.2. The second kappa shape index (κ2) is 6.41. The maximum atomic E-state index is 14.5. The summed E-state index contributed by atoms with van der Waals surface area (Å²) in [4.78, 5) is 14.4. The molecule has 3 rings (SSSR count). The van der Waals surface area contributed by atoms with Crippen LogP contribution in [0.15, 0.2) is 12.1 Å². The van der Waals surface area contributed by atoms with E-state index in [9.17, 15) is 22.0 Å². The van der Waals surface area contributed by atoms with E-state index in [0.717, 1.165) is 17.0 Å². The predicted molar refractivity (Wildman–Crippen MR) is 88.5 cm³/mol. The summed E-state index contributed by atoms with van der Waals surface area (Å²) < 4.78 is 57.0. The second-order valence-electron chi connectivity index (χ2n) is 6.29. The molecule has 2 N–H and O–H groups in total. The van der Waals surface area contributed by atoms with Crippen LogP contribution >= 0.6 is 0 Å². The van der Waals surface area contributed by atoms with Gasteiger partial charge in [-0.2, -0.15) is 0 Å². The molecule has 7 nitrogen and oxygen atoms in total. The summed E-state index contributed by atoms with van der Waals surface area (Å²) >= 11 is 0. The summed E-state index contributed by atoms with van der Waals surface area (Å²) in [6.07, 6.45) is -1.26. The molecule has 1 aromatic carbocycles. The number of halogens is 2. The fraction of sp³-hybridized carbons (Fsp3) is 0.533. The number of ether oxygens (including phenoxy) is 1. The van der Waals surface area contributed by atoms with Crippen LogP contribution in [0.3, 0.4) is 0 Å². The van der Waals surface area contributed by atoms with Gasteiger partial charge in [0.25, 0.3) is 0 Å². The third-order valence-corrected chi connectivity index (χ3v) is 6.00. The Labute approximate surface area is 144 Å². The monoisotopic (exact) mass is 375 g/mol. The van der Waals surface area contributed by atoms with Crippen molar-refractivity contribution in [2.24, 2.45) is 5.73 Å². The molecule has 2 heterocycles. The standard InChI is InChI=1S/C15H19F2N3O4S/c1-9(18)13-8-20(15(21)24-13)10-6-11(16)14(12(17)7-10)19-2-4-25(22,23)5-3-19/h6-7,9,13H,2-5,8,18H2,1H3/t9-,13+/m0/s1. The van der Waals surface area contributed by atoms with E-state index in [2.05, 4.69) is 0 Å². The van der Waals surface area contributed by atoms with E-state index in [0.29, 0.717) is 0 Å². The van der Waals surface area contributed by atoms with E-state index in [1.807, 2.05) is 0 Å². The Morgan fingerprint density at radius 1 is 1.24 bits per heavy atom. The van der Waals surface area contributed by atoms with Gasteiger partial charge in [-0.05, 0) is 6.92 Å². The first-order chi connectivity index (χ1) is 11.7. The van der Waals surface area contributed by atoms with Crippen molar-refractivity contribution in [1.82, 2.24) is 0 Å². The number of sulfone groups is 1. The molecule has 0 radical (unpaired) electrons. The minimum Gasteiger partial charge on any atom is -0.442 e. The minimum absolute atomic E-state index is 0.0219. The Morgan fingerprint density at radius 2 is 1.80 bits per heavy atom. The molecule has 0 aliphatic carbocycles. The van der Waals surface area contributed by atoms with Crippen molar-refractivity contribution in [3.05, 3.63) is 23.8 Å². The van der Waals surface area contributed by atoms with Gasteiger partial charge in [0.15, 0.2) is 21.5 Å². The molecule has 2 saturated heterocycles. The lowest BCUT2D eigenvalue weighted by Gasteiger charge is -2.29. The Kier molecular flexibility index (Phi) is 4.58. The van der Waals surface area contributed by atoms with Crippen molar-refractivity contribution in [3.63, 3.8) is 0 Å². The summed E-state index contributed by atoms with van der Waals surface area (Å²) in [7, 11) is -3.16. The van der Waals surface area contributed by atoms with Crippen LogP contribution in [-0.4, -0.2) is 57.8 Å². The lowest BCUT2D eigenvalue weighted by Crippen LogP contribution is -2.41. The number of carbonyl (C=O) groups is 1. The number of rotatable bonds is 3. The molecule has 2 aliphatic heterocycles. The quantitative estimate of drug-likeness (QED) is 0.843. The highest BCUT2D eigenvalue weighted by Gasteiger charge is 2.35. The molecule has 0 unspecified atom stereocenters. The van der Waals surface area contributed by atoms with Gasteiger partial charge < -0.3 is 15.4 Å². The lowest BCUT2D eigenvalue weighted by atomic mass is 10.2. The molecular formula is C15H19F2N3O4S. The SMILES string of the molecule is C[C@H](N)[C@H]1CN(c2cc(F)c(N3CCS(=O)(=O)CC3)c(F)c2)C(=O)O1. The van der Waals surface area contributed by atoms with Gasteiger partial charge in [-0.3, -0.25) is 4.90 Å². The van der Waals surface area contributed by atoms with Crippen LogP contribution in [0, 0.1) is 11.6 Å². The third-order valence-electron chi connectivity index (χ3n) is 4.40. The topological polar surface area (TPSA) is 92.9 Å². The molecule has 0 bridgehead atoms. The zero-order chi connectivity index (χ0) is 18.4. The molecule has 2 atom stereocenters. The van der Waals surface area contributed by atoms with Gasteiger partial charge in [0.05, 0.1) is 23.7 Å². The number of nitrogens with zero attached hydrogens (tertiary/aromatic N) is 2. The van der Waals surface area contributed by atoms with Crippen LogP contribution in [0.1, 0.15) is 6.92 Å². The number of amides is 1. The molecule has 2 fully saturated rings.